The lowest BCUT2D eigenvalue weighted by molar-refractivity contribution is 0.133. The van der Waals surface area contributed by atoms with Gasteiger partial charge in [-0.05, 0) is 37.8 Å². The minimum Gasteiger partial charge on any atom is -0.377 e. The average molecular weight is 247 g/mol. The minimum atomic E-state index is 0.517. The van der Waals surface area contributed by atoms with Gasteiger partial charge in [0, 0.05) is 19.2 Å². The van der Waals surface area contributed by atoms with Crippen molar-refractivity contribution in [1.82, 2.24) is 5.32 Å². The van der Waals surface area contributed by atoms with Crippen LogP contribution in [0, 0.1) is 0 Å². The number of benzene rings is 1. The minimum absolute atomic E-state index is 0.517. The van der Waals surface area contributed by atoms with Gasteiger partial charge in [0.05, 0.1) is 6.61 Å². The lowest BCUT2D eigenvalue weighted by Crippen LogP contribution is -2.25. The Kier molecular flexibility index (Phi) is 7.38. The molecule has 0 aliphatic rings. The molecular weight excluding hydrogens is 222 g/mol. The SMILES string of the molecule is C=CCCC(C)NCc1ccccc1COCC. The van der Waals surface area contributed by atoms with E-state index in [4.69, 9.17) is 4.74 Å². The average Bonchev–Trinajstić information content (AvgIpc) is 2.41. The zero-order chi connectivity index (χ0) is 13.2. The fraction of sp³-hybridized carbons (Fsp3) is 0.500. The molecule has 0 saturated heterocycles. The molecule has 18 heavy (non-hydrogen) atoms. The molecule has 0 saturated carbocycles. The van der Waals surface area contributed by atoms with Crippen LogP contribution in [-0.4, -0.2) is 12.6 Å². The van der Waals surface area contributed by atoms with Gasteiger partial charge < -0.3 is 10.1 Å². The molecule has 0 fully saturated rings. The van der Waals surface area contributed by atoms with E-state index in [1.54, 1.807) is 0 Å². The van der Waals surface area contributed by atoms with Crippen LogP contribution in [0.3, 0.4) is 0 Å². The van der Waals surface area contributed by atoms with E-state index in [1.165, 1.54) is 11.1 Å². The maximum atomic E-state index is 5.49. The molecule has 0 bridgehead atoms. The fourth-order valence-corrected chi connectivity index (χ4v) is 1.84. The van der Waals surface area contributed by atoms with Crippen LogP contribution < -0.4 is 5.32 Å². The molecule has 0 amide bonds. The number of hydrogen-bond acceptors (Lipinski definition) is 2. The number of ether oxygens (including phenoxy) is 1. The second-order valence-corrected chi connectivity index (χ2v) is 4.55. The van der Waals surface area contributed by atoms with E-state index in [-0.39, 0.29) is 0 Å². The number of allylic oxidation sites excluding steroid dienone is 1. The van der Waals surface area contributed by atoms with Crippen LogP contribution in [0.15, 0.2) is 36.9 Å². The highest BCUT2D eigenvalue weighted by molar-refractivity contribution is 5.26. The van der Waals surface area contributed by atoms with Gasteiger partial charge in [-0.2, -0.15) is 0 Å². The molecule has 1 rings (SSSR count). The molecule has 2 nitrogen and oxygen atoms in total. The third-order valence-corrected chi connectivity index (χ3v) is 3.02. The topological polar surface area (TPSA) is 21.3 Å². The first-order chi connectivity index (χ1) is 8.77. The summed E-state index contributed by atoms with van der Waals surface area (Å²) < 4.78 is 5.49. The lowest BCUT2D eigenvalue weighted by Gasteiger charge is -2.15. The first-order valence-electron chi connectivity index (χ1n) is 6.76. The Labute approximate surface area is 111 Å². The first kappa shape index (κ1) is 14.9. The molecule has 0 heterocycles. The zero-order valence-corrected chi connectivity index (χ0v) is 11.6. The van der Waals surface area contributed by atoms with Crippen LogP contribution in [0.25, 0.3) is 0 Å². The van der Waals surface area contributed by atoms with Gasteiger partial charge in [-0.1, -0.05) is 30.3 Å². The number of rotatable bonds is 9. The van der Waals surface area contributed by atoms with Crippen LogP contribution in [0.2, 0.25) is 0 Å². The molecule has 0 aromatic heterocycles. The summed E-state index contributed by atoms with van der Waals surface area (Å²) in [5.41, 5.74) is 2.61. The van der Waals surface area contributed by atoms with Crippen molar-refractivity contribution in [3.63, 3.8) is 0 Å². The van der Waals surface area contributed by atoms with Crippen LogP contribution >= 0.6 is 0 Å². The molecule has 0 aliphatic carbocycles. The Hall–Kier alpha value is -1.12. The molecule has 1 unspecified atom stereocenters. The Morgan fingerprint density at radius 2 is 2.06 bits per heavy atom. The number of nitrogens with one attached hydrogen (secondary N) is 1. The van der Waals surface area contributed by atoms with Crippen LogP contribution in [0.1, 0.15) is 37.8 Å². The van der Waals surface area contributed by atoms with E-state index < -0.39 is 0 Å². The molecule has 2 heteroatoms. The predicted octanol–water partition coefficient (Wildman–Crippen LogP) is 3.67. The Morgan fingerprint density at radius 3 is 2.72 bits per heavy atom. The van der Waals surface area contributed by atoms with Crippen molar-refractivity contribution < 1.29 is 4.74 Å². The van der Waals surface area contributed by atoms with Crippen molar-refractivity contribution in [1.29, 1.82) is 0 Å². The van der Waals surface area contributed by atoms with Crippen molar-refractivity contribution in [3.8, 4) is 0 Å². The van der Waals surface area contributed by atoms with Gasteiger partial charge in [0.15, 0.2) is 0 Å². The fourth-order valence-electron chi connectivity index (χ4n) is 1.84. The second-order valence-electron chi connectivity index (χ2n) is 4.55. The van der Waals surface area contributed by atoms with E-state index in [2.05, 4.69) is 43.1 Å². The van der Waals surface area contributed by atoms with Crippen LogP contribution in [0.4, 0.5) is 0 Å². The third-order valence-electron chi connectivity index (χ3n) is 3.02. The summed E-state index contributed by atoms with van der Waals surface area (Å²) in [6.45, 7) is 10.4. The van der Waals surface area contributed by atoms with Crippen LogP contribution in [-0.2, 0) is 17.9 Å². The van der Waals surface area contributed by atoms with Gasteiger partial charge in [0.25, 0.3) is 0 Å². The van der Waals surface area contributed by atoms with Crippen molar-refractivity contribution >= 4 is 0 Å². The van der Waals surface area contributed by atoms with Crippen molar-refractivity contribution in [2.24, 2.45) is 0 Å². The molecule has 0 radical (unpaired) electrons. The summed E-state index contributed by atoms with van der Waals surface area (Å²) in [7, 11) is 0. The van der Waals surface area contributed by atoms with Gasteiger partial charge in [0.1, 0.15) is 0 Å². The van der Waals surface area contributed by atoms with E-state index in [9.17, 15) is 0 Å². The molecular formula is C16H25NO. The molecule has 1 aromatic rings. The highest BCUT2D eigenvalue weighted by Gasteiger charge is 2.04. The highest BCUT2D eigenvalue weighted by atomic mass is 16.5. The maximum absolute atomic E-state index is 5.49. The monoisotopic (exact) mass is 247 g/mol. The predicted molar refractivity (Wildman–Crippen MR) is 77.5 cm³/mol. The Morgan fingerprint density at radius 1 is 1.33 bits per heavy atom. The summed E-state index contributed by atoms with van der Waals surface area (Å²) >= 11 is 0. The molecule has 1 N–H and O–H groups in total. The quantitative estimate of drug-likeness (QED) is 0.672. The van der Waals surface area contributed by atoms with Crippen molar-refractivity contribution in [2.75, 3.05) is 6.61 Å². The third kappa shape index (κ3) is 5.48. The molecule has 0 spiro atoms. The highest BCUT2D eigenvalue weighted by Crippen LogP contribution is 2.10. The Bertz CT molecular complexity index is 349. The Balaban J connectivity index is 2.47. The van der Waals surface area contributed by atoms with Crippen molar-refractivity contribution in [2.45, 2.75) is 45.9 Å². The van der Waals surface area contributed by atoms with Gasteiger partial charge in [-0.3, -0.25) is 0 Å². The van der Waals surface area contributed by atoms with E-state index >= 15 is 0 Å². The first-order valence-corrected chi connectivity index (χ1v) is 6.76. The lowest BCUT2D eigenvalue weighted by atomic mass is 10.1. The summed E-state index contributed by atoms with van der Waals surface area (Å²) in [5.74, 6) is 0. The van der Waals surface area contributed by atoms with Gasteiger partial charge in [-0.15, -0.1) is 6.58 Å². The normalized spacial score (nSPS) is 12.3. The summed E-state index contributed by atoms with van der Waals surface area (Å²) in [6.07, 6.45) is 4.17. The molecule has 1 aromatic carbocycles. The standard InChI is InChI=1S/C16H25NO/c1-4-6-9-14(3)17-12-15-10-7-8-11-16(15)13-18-5-2/h4,7-8,10-11,14,17H,1,5-6,9,12-13H2,2-3H3. The van der Waals surface area contributed by atoms with Gasteiger partial charge in [0.2, 0.25) is 0 Å². The van der Waals surface area contributed by atoms with E-state index in [0.717, 1.165) is 26.0 Å². The van der Waals surface area contributed by atoms with Crippen LogP contribution in [0.5, 0.6) is 0 Å². The largest absolute Gasteiger partial charge is 0.377 e. The molecule has 0 aliphatic heterocycles. The summed E-state index contributed by atoms with van der Waals surface area (Å²) in [4.78, 5) is 0. The van der Waals surface area contributed by atoms with Gasteiger partial charge >= 0.3 is 0 Å². The second kappa shape index (κ2) is 8.90. The van der Waals surface area contributed by atoms with E-state index in [0.29, 0.717) is 12.6 Å². The number of hydrogen-bond donors (Lipinski definition) is 1. The maximum Gasteiger partial charge on any atom is 0.0719 e. The zero-order valence-electron chi connectivity index (χ0n) is 11.6. The summed E-state index contributed by atoms with van der Waals surface area (Å²) in [5, 5.41) is 3.55. The molecule has 1 atom stereocenters. The van der Waals surface area contributed by atoms with E-state index in [1.807, 2.05) is 13.0 Å². The smallest absolute Gasteiger partial charge is 0.0719 e. The molecule has 100 valence electrons. The van der Waals surface area contributed by atoms with Gasteiger partial charge in [-0.25, -0.2) is 0 Å². The van der Waals surface area contributed by atoms with Crippen molar-refractivity contribution in [3.05, 3.63) is 48.0 Å². The summed E-state index contributed by atoms with van der Waals surface area (Å²) in [6, 6.07) is 8.98.